The molecule has 0 saturated carbocycles. The van der Waals surface area contributed by atoms with E-state index in [4.69, 9.17) is 39.8 Å². The summed E-state index contributed by atoms with van der Waals surface area (Å²) in [6.07, 6.45) is 0. The van der Waals surface area contributed by atoms with E-state index in [0.717, 1.165) is 0 Å². The van der Waals surface area contributed by atoms with Gasteiger partial charge >= 0.3 is 0 Å². The Hall–Kier alpha value is -3.00. The first-order valence-electron chi connectivity index (χ1n) is 8.63. The van der Waals surface area contributed by atoms with Crippen LogP contribution in [0.3, 0.4) is 0 Å². The second-order valence-electron chi connectivity index (χ2n) is 6.21. The third-order valence-corrected chi connectivity index (χ3v) is 5.00. The number of fused-ring (bicyclic) bond motifs is 1. The number of amides is 1. The molecule has 2 N–H and O–H groups in total. The molecule has 0 bridgehead atoms. The van der Waals surface area contributed by atoms with Gasteiger partial charge in [0.25, 0.3) is 5.91 Å². The van der Waals surface area contributed by atoms with Crippen molar-refractivity contribution in [2.75, 3.05) is 5.32 Å². The number of hydrogen-bond acceptors (Lipinski definition) is 4. The Labute approximate surface area is 185 Å². The Morgan fingerprint density at radius 2 is 1.83 bits per heavy atom. The largest absolute Gasteiger partial charge is 0.436 e. The molecule has 4 rings (SSSR count). The lowest BCUT2D eigenvalue weighted by Gasteiger charge is -2.10. The summed E-state index contributed by atoms with van der Waals surface area (Å²) >= 11 is 17.3. The topological polar surface area (TPSA) is 67.2 Å². The second-order valence-corrected chi connectivity index (χ2v) is 7.44. The number of nitrogens with zero attached hydrogens (tertiary/aromatic N) is 1. The highest BCUT2D eigenvalue weighted by atomic mass is 35.5. The van der Waals surface area contributed by atoms with Gasteiger partial charge in [-0.2, -0.15) is 0 Å². The third kappa shape index (κ3) is 4.28. The fourth-order valence-electron chi connectivity index (χ4n) is 2.76. The van der Waals surface area contributed by atoms with Gasteiger partial charge in [-0.05, 0) is 60.7 Å². The van der Waals surface area contributed by atoms with Gasteiger partial charge < -0.3 is 9.73 Å². The van der Waals surface area contributed by atoms with E-state index < -0.39 is 11.7 Å². The zero-order chi connectivity index (χ0) is 21.3. The van der Waals surface area contributed by atoms with E-state index in [-0.39, 0.29) is 16.0 Å². The predicted molar refractivity (Wildman–Crippen MR) is 120 cm³/mol. The Morgan fingerprint density at radius 3 is 2.60 bits per heavy atom. The molecule has 1 heterocycles. The molecule has 0 fully saturated rings. The number of thiocarbonyl (C=S) groups is 1. The van der Waals surface area contributed by atoms with E-state index >= 15 is 0 Å². The summed E-state index contributed by atoms with van der Waals surface area (Å²) in [7, 11) is 0. The van der Waals surface area contributed by atoms with Crippen LogP contribution in [0.15, 0.2) is 65.1 Å². The Morgan fingerprint density at radius 1 is 1.03 bits per heavy atom. The smallest absolute Gasteiger partial charge is 0.258 e. The number of carbonyl (C=O) groups excluding carboxylic acids is 1. The molecule has 1 aromatic heterocycles. The molecule has 0 spiro atoms. The molecular formula is C21H12Cl2FN3O2S. The summed E-state index contributed by atoms with van der Waals surface area (Å²) in [6, 6.07) is 15.8. The SMILES string of the molecule is O=C(NC(=S)Nc1ccc2oc(-c3ccc(F)cc3Cl)nc2c1)c1ccccc1Cl. The maximum Gasteiger partial charge on any atom is 0.258 e. The van der Waals surface area contributed by atoms with Crippen molar-refractivity contribution in [3.8, 4) is 11.5 Å². The van der Waals surface area contributed by atoms with E-state index in [2.05, 4.69) is 15.6 Å². The average molecular weight is 460 g/mol. The minimum Gasteiger partial charge on any atom is -0.436 e. The van der Waals surface area contributed by atoms with Gasteiger partial charge in [-0.25, -0.2) is 9.37 Å². The summed E-state index contributed by atoms with van der Waals surface area (Å²) in [5, 5.41) is 6.13. The van der Waals surface area contributed by atoms with Gasteiger partial charge in [-0.3, -0.25) is 10.1 Å². The lowest BCUT2D eigenvalue weighted by atomic mass is 10.2. The maximum absolute atomic E-state index is 13.3. The molecule has 0 aliphatic rings. The zero-order valence-corrected chi connectivity index (χ0v) is 17.4. The number of hydrogen-bond donors (Lipinski definition) is 2. The van der Waals surface area contributed by atoms with E-state index in [0.29, 0.717) is 32.9 Å². The molecule has 0 unspecified atom stereocenters. The summed E-state index contributed by atoms with van der Waals surface area (Å²) in [5.74, 6) is -0.603. The van der Waals surface area contributed by atoms with Crippen LogP contribution in [0.25, 0.3) is 22.6 Å². The fourth-order valence-corrected chi connectivity index (χ4v) is 3.44. The molecule has 0 aliphatic heterocycles. The minimum absolute atomic E-state index is 0.101. The Balaban J connectivity index is 1.52. The molecule has 4 aromatic rings. The van der Waals surface area contributed by atoms with Gasteiger partial charge in [0.15, 0.2) is 10.7 Å². The predicted octanol–water partition coefficient (Wildman–Crippen LogP) is 6.07. The fraction of sp³-hybridized carbons (Fsp3) is 0. The number of benzene rings is 3. The van der Waals surface area contributed by atoms with Crippen molar-refractivity contribution >= 4 is 63.2 Å². The molecule has 9 heteroatoms. The zero-order valence-electron chi connectivity index (χ0n) is 15.1. The monoisotopic (exact) mass is 459 g/mol. The Kier molecular flexibility index (Phi) is 5.67. The Bertz CT molecular complexity index is 1290. The number of nitrogens with one attached hydrogen (secondary N) is 2. The van der Waals surface area contributed by atoms with Crippen molar-refractivity contribution in [2.24, 2.45) is 0 Å². The van der Waals surface area contributed by atoms with Crippen molar-refractivity contribution < 1.29 is 13.6 Å². The van der Waals surface area contributed by atoms with Gasteiger partial charge in [0.05, 0.1) is 21.2 Å². The summed E-state index contributed by atoms with van der Waals surface area (Å²) in [4.78, 5) is 16.7. The van der Waals surface area contributed by atoms with Crippen molar-refractivity contribution in [1.82, 2.24) is 10.3 Å². The average Bonchev–Trinajstić information content (AvgIpc) is 3.11. The number of halogens is 3. The minimum atomic E-state index is -0.446. The number of anilines is 1. The van der Waals surface area contributed by atoms with Gasteiger partial charge in [0.1, 0.15) is 11.3 Å². The quantitative estimate of drug-likeness (QED) is 0.364. The number of carbonyl (C=O) groups is 1. The lowest BCUT2D eigenvalue weighted by Crippen LogP contribution is -2.34. The highest BCUT2D eigenvalue weighted by Crippen LogP contribution is 2.31. The van der Waals surface area contributed by atoms with Gasteiger partial charge in [0.2, 0.25) is 5.89 Å². The van der Waals surface area contributed by atoms with Crippen molar-refractivity contribution in [2.45, 2.75) is 0 Å². The van der Waals surface area contributed by atoms with Gasteiger partial charge in [0, 0.05) is 5.69 Å². The van der Waals surface area contributed by atoms with Gasteiger partial charge in [-0.15, -0.1) is 0 Å². The third-order valence-electron chi connectivity index (χ3n) is 4.15. The van der Waals surface area contributed by atoms with E-state index in [1.807, 2.05) is 0 Å². The number of aromatic nitrogens is 1. The van der Waals surface area contributed by atoms with Crippen LogP contribution in [0.5, 0.6) is 0 Å². The van der Waals surface area contributed by atoms with Crippen LogP contribution in [-0.4, -0.2) is 16.0 Å². The van der Waals surface area contributed by atoms with Crippen molar-refractivity contribution in [3.05, 3.63) is 82.1 Å². The number of oxazole rings is 1. The number of rotatable bonds is 3. The van der Waals surface area contributed by atoms with E-state index in [1.54, 1.807) is 42.5 Å². The van der Waals surface area contributed by atoms with E-state index in [9.17, 15) is 9.18 Å². The van der Waals surface area contributed by atoms with Crippen LogP contribution in [0.2, 0.25) is 10.0 Å². The first-order chi connectivity index (χ1) is 14.4. The molecular weight excluding hydrogens is 448 g/mol. The molecule has 30 heavy (non-hydrogen) atoms. The molecule has 0 atom stereocenters. The summed E-state index contributed by atoms with van der Waals surface area (Å²) < 4.78 is 19.0. The summed E-state index contributed by atoms with van der Waals surface area (Å²) in [6.45, 7) is 0. The first-order valence-corrected chi connectivity index (χ1v) is 9.80. The highest BCUT2D eigenvalue weighted by Gasteiger charge is 2.14. The van der Waals surface area contributed by atoms with Crippen LogP contribution < -0.4 is 10.6 Å². The van der Waals surface area contributed by atoms with Crippen molar-refractivity contribution in [1.29, 1.82) is 0 Å². The van der Waals surface area contributed by atoms with Crippen LogP contribution in [0.1, 0.15) is 10.4 Å². The van der Waals surface area contributed by atoms with Gasteiger partial charge in [-0.1, -0.05) is 35.3 Å². The summed E-state index contributed by atoms with van der Waals surface area (Å²) in [5.41, 5.74) is 2.44. The van der Waals surface area contributed by atoms with Crippen molar-refractivity contribution in [3.63, 3.8) is 0 Å². The van der Waals surface area contributed by atoms with Crippen LogP contribution in [-0.2, 0) is 0 Å². The normalized spacial score (nSPS) is 10.8. The molecule has 0 radical (unpaired) electrons. The van der Waals surface area contributed by atoms with Crippen LogP contribution in [0, 0.1) is 5.82 Å². The van der Waals surface area contributed by atoms with Crippen LogP contribution in [0.4, 0.5) is 10.1 Å². The molecule has 5 nitrogen and oxygen atoms in total. The molecule has 3 aromatic carbocycles. The van der Waals surface area contributed by atoms with Crippen LogP contribution >= 0.6 is 35.4 Å². The molecule has 150 valence electrons. The molecule has 0 aliphatic carbocycles. The van der Waals surface area contributed by atoms with E-state index in [1.165, 1.54) is 18.2 Å². The molecule has 0 saturated heterocycles. The second kappa shape index (κ2) is 8.39. The molecule has 1 amide bonds. The first kappa shape index (κ1) is 20.3. The maximum atomic E-state index is 13.3. The lowest BCUT2D eigenvalue weighted by molar-refractivity contribution is 0.0978. The highest BCUT2D eigenvalue weighted by molar-refractivity contribution is 7.80. The standard InChI is InChI=1S/C21H12Cl2FN3O2S/c22-15-4-2-1-3-13(15)19(28)27-21(30)25-12-6-8-18-17(10-12)26-20(29-18)14-7-5-11(24)9-16(14)23/h1-10H,(H2,25,27,28,30).